The SMILES string of the molecule is N=[N+]=N.O=c1ccn([C@@H]2O[C@H](CO)[C@@H](O)[C@H]2O)c(=O)[nH]1. The molecule has 1 aromatic rings. The molecular formula is C9H14N5O6+. The van der Waals surface area contributed by atoms with Crippen LogP contribution in [0.3, 0.4) is 0 Å². The number of aliphatic hydroxyl groups excluding tert-OH is 3. The minimum Gasteiger partial charge on any atom is -0.394 e. The quantitative estimate of drug-likeness (QED) is 0.253. The fourth-order valence-corrected chi connectivity index (χ4v) is 1.74. The molecule has 0 unspecified atom stereocenters. The lowest BCUT2D eigenvalue weighted by atomic mass is 10.1. The van der Waals surface area contributed by atoms with Gasteiger partial charge in [0.1, 0.15) is 29.4 Å². The number of rotatable bonds is 2. The summed E-state index contributed by atoms with van der Waals surface area (Å²) in [5.74, 6) is 0. The molecule has 1 aliphatic rings. The topological polar surface area (TPSA) is 187 Å². The molecule has 2 rings (SSSR count). The van der Waals surface area contributed by atoms with Crippen LogP contribution in [0.5, 0.6) is 0 Å². The first kappa shape index (κ1) is 15.9. The lowest BCUT2D eigenvalue weighted by molar-refractivity contribution is -0.0550. The maximum absolute atomic E-state index is 11.4. The van der Waals surface area contributed by atoms with E-state index in [1.807, 2.05) is 9.90 Å². The molecule has 6 N–H and O–H groups in total. The third-order valence-corrected chi connectivity index (χ3v) is 2.64. The number of nitrogens with one attached hydrogen (secondary N) is 3. The molecular weight excluding hydrogens is 274 g/mol. The van der Waals surface area contributed by atoms with Crippen molar-refractivity contribution in [2.75, 3.05) is 6.61 Å². The van der Waals surface area contributed by atoms with Gasteiger partial charge in [0.2, 0.25) is 4.91 Å². The van der Waals surface area contributed by atoms with E-state index in [4.69, 9.17) is 20.9 Å². The van der Waals surface area contributed by atoms with Gasteiger partial charge in [-0.3, -0.25) is 14.3 Å². The molecule has 1 fully saturated rings. The predicted molar refractivity (Wildman–Crippen MR) is 61.9 cm³/mol. The Kier molecular flexibility index (Phi) is 5.43. The number of hydrogen-bond acceptors (Lipinski definition) is 8. The van der Waals surface area contributed by atoms with E-state index in [0.29, 0.717) is 0 Å². The normalized spacial score (nSPS) is 28.4. The molecule has 0 radical (unpaired) electrons. The number of H-pyrrole nitrogens is 1. The Morgan fingerprint density at radius 3 is 2.40 bits per heavy atom. The predicted octanol–water partition coefficient (Wildman–Crippen LogP) is -2.74. The van der Waals surface area contributed by atoms with Crippen LogP contribution >= 0.6 is 0 Å². The van der Waals surface area contributed by atoms with Crippen molar-refractivity contribution in [2.45, 2.75) is 24.5 Å². The smallest absolute Gasteiger partial charge is 0.330 e. The van der Waals surface area contributed by atoms with Crippen molar-refractivity contribution in [1.82, 2.24) is 14.5 Å². The second-order valence-corrected chi connectivity index (χ2v) is 3.86. The average Bonchev–Trinajstić information content (AvgIpc) is 2.67. The van der Waals surface area contributed by atoms with Crippen LogP contribution in [0.15, 0.2) is 21.9 Å². The van der Waals surface area contributed by atoms with Crippen LogP contribution in [-0.4, -0.2) is 49.8 Å². The summed E-state index contributed by atoms with van der Waals surface area (Å²) >= 11 is 0. The van der Waals surface area contributed by atoms with Crippen LogP contribution in [0.25, 0.3) is 0 Å². The summed E-state index contributed by atoms with van der Waals surface area (Å²) < 4.78 is 6.08. The van der Waals surface area contributed by atoms with Gasteiger partial charge in [-0.25, -0.2) is 4.79 Å². The molecule has 20 heavy (non-hydrogen) atoms. The van der Waals surface area contributed by atoms with E-state index in [1.54, 1.807) is 0 Å². The summed E-state index contributed by atoms with van der Waals surface area (Å²) in [5, 5.41) is 28.1. The summed E-state index contributed by atoms with van der Waals surface area (Å²) in [5.41, 5.74) is 9.67. The van der Waals surface area contributed by atoms with E-state index >= 15 is 0 Å². The van der Waals surface area contributed by atoms with Gasteiger partial charge < -0.3 is 20.1 Å². The summed E-state index contributed by atoms with van der Waals surface area (Å²) in [6, 6.07) is 1.09. The first-order chi connectivity index (χ1) is 9.46. The van der Waals surface area contributed by atoms with Crippen molar-refractivity contribution in [1.29, 1.82) is 11.1 Å². The third-order valence-electron chi connectivity index (χ3n) is 2.64. The minimum atomic E-state index is -1.35. The molecule has 2 heterocycles. The van der Waals surface area contributed by atoms with Gasteiger partial charge in [-0.05, 0) is 0 Å². The van der Waals surface area contributed by atoms with Crippen molar-refractivity contribution >= 4 is 0 Å². The van der Waals surface area contributed by atoms with Crippen LogP contribution in [0.1, 0.15) is 6.23 Å². The minimum absolute atomic E-state index is 0.479. The second kappa shape index (κ2) is 6.84. The Labute approximate surface area is 111 Å². The highest BCUT2D eigenvalue weighted by Gasteiger charge is 2.43. The van der Waals surface area contributed by atoms with Crippen molar-refractivity contribution in [3.63, 3.8) is 0 Å². The highest BCUT2D eigenvalue weighted by Crippen LogP contribution is 2.27. The third kappa shape index (κ3) is 3.23. The van der Waals surface area contributed by atoms with Gasteiger partial charge in [-0.15, -0.1) is 0 Å². The Morgan fingerprint density at radius 1 is 1.35 bits per heavy atom. The largest absolute Gasteiger partial charge is 0.394 e. The first-order valence-corrected chi connectivity index (χ1v) is 5.43. The van der Waals surface area contributed by atoms with Gasteiger partial charge >= 0.3 is 5.69 Å². The number of aliphatic hydroxyl groups is 3. The molecule has 0 saturated carbocycles. The maximum atomic E-state index is 11.4. The fraction of sp³-hybridized carbons (Fsp3) is 0.556. The fourth-order valence-electron chi connectivity index (χ4n) is 1.74. The van der Waals surface area contributed by atoms with Gasteiger partial charge in [0, 0.05) is 12.3 Å². The number of hydrogen-bond donors (Lipinski definition) is 6. The van der Waals surface area contributed by atoms with Crippen LogP contribution in [0.2, 0.25) is 0 Å². The number of ether oxygens (including phenoxy) is 1. The molecule has 0 bridgehead atoms. The van der Waals surface area contributed by atoms with E-state index in [9.17, 15) is 19.8 Å². The molecule has 0 amide bonds. The molecule has 0 aliphatic carbocycles. The zero-order chi connectivity index (χ0) is 15.3. The lowest BCUT2D eigenvalue weighted by Crippen LogP contribution is -2.37. The maximum Gasteiger partial charge on any atom is 0.330 e. The lowest BCUT2D eigenvalue weighted by Gasteiger charge is -2.16. The van der Waals surface area contributed by atoms with Gasteiger partial charge in [0.05, 0.1) is 6.61 Å². The highest BCUT2D eigenvalue weighted by molar-refractivity contribution is 4.92. The Morgan fingerprint density at radius 2 is 1.95 bits per heavy atom. The van der Waals surface area contributed by atoms with Crippen LogP contribution in [0, 0.1) is 11.1 Å². The molecule has 1 aliphatic heterocycles. The van der Waals surface area contributed by atoms with Gasteiger partial charge in [0.15, 0.2) is 6.23 Å². The van der Waals surface area contributed by atoms with Gasteiger partial charge in [-0.2, -0.15) is 0 Å². The monoisotopic (exact) mass is 288 g/mol. The molecule has 11 nitrogen and oxygen atoms in total. The highest BCUT2D eigenvalue weighted by atomic mass is 16.6. The van der Waals surface area contributed by atoms with Crippen molar-refractivity contribution in [3.8, 4) is 0 Å². The summed E-state index contributed by atoms with van der Waals surface area (Å²) in [7, 11) is 0. The van der Waals surface area contributed by atoms with Crippen molar-refractivity contribution in [3.05, 3.63) is 33.1 Å². The molecule has 1 aromatic heterocycles. The average molecular weight is 288 g/mol. The van der Waals surface area contributed by atoms with Crippen LogP contribution in [0.4, 0.5) is 0 Å². The number of nitrogens with zero attached hydrogens (tertiary/aromatic N) is 2. The van der Waals surface area contributed by atoms with E-state index in [1.165, 1.54) is 0 Å². The molecule has 1 saturated heterocycles. The summed E-state index contributed by atoms with van der Waals surface area (Å²) in [6.07, 6.45) is -3.58. The van der Waals surface area contributed by atoms with Gasteiger partial charge in [-0.1, -0.05) is 0 Å². The van der Waals surface area contributed by atoms with E-state index in [0.717, 1.165) is 16.8 Å². The summed E-state index contributed by atoms with van der Waals surface area (Å²) in [6.45, 7) is -0.479. The van der Waals surface area contributed by atoms with E-state index in [2.05, 4.69) is 0 Å². The van der Waals surface area contributed by atoms with E-state index in [-0.39, 0.29) is 0 Å². The standard InChI is InChI=1S/C9H12N2O6.H2N3/c12-3-4-6(14)7(15)8(17-4)11-2-1-5(13)10-9(11)16;1-3-2/h1-2,4,6-8,12,14-15H,3H2,(H,10,13,16);1-2H/q;+1/t4-,6-,7-,8-;/m1./s1. The zero-order valence-electron chi connectivity index (χ0n) is 10.1. The molecule has 11 heteroatoms. The molecule has 0 spiro atoms. The Hall–Kier alpha value is -2.17. The Bertz CT molecular complexity index is 591. The van der Waals surface area contributed by atoms with Gasteiger partial charge in [0.25, 0.3) is 5.56 Å². The van der Waals surface area contributed by atoms with Crippen LogP contribution < -0.4 is 16.2 Å². The second-order valence-electron chi connectivity index (χ2n) is 3.86. The zero-order valence-corrected chi connectivity index (χ0v) is 10.1. The van der Waals surface area contributed by atoms with E-state index < -0.39 is 42.4 Å². The number of aromatic nitrogens is 2. The van der Waals surface area contributed by atoms with Crippen LogP contribution in [-0.2, 0) is 4.74 Å². The van der Waals surface area contributed by atoms with Crippen molar-refractivity contribution < 1.29 is 20.1 Å². The Balaban J connectivity index is 0.000000612. The van der Waals surface area contributed by atoms with Crippen molar-refractivity contribution in [2.24, 2.45) is 0 Å². The molecule has 110 valence electrons. The first-order valence-electron chi connectivity index (χ1n) is 5.43. The molecule has 0 aromatic carbocycles. The number of aromatic amines is 1. The summed E-state index contributed by atoms with van der Waals surface area (Å²) in [4.78, 5) is 26.3. The molecule has 4 atom stereocenters.